The highest BCUT2D eigenvalue weighted by molar-refractivity contribution is 7.99. The molecule has 0 amide bonds. The lowest BCUT2D eigenvalue weighted by molar-refractivity contribution is -0.384. The quantitative estimate of drug-likeness (QED) is 0.254. The van der Waals surface area contributed by atoms with Gasteiger partial charge < -0.3 is 4.42 Å². The van der Waals surface area contributed by atoms with Crippen LogP contribution in [0.5, 0.6) is 0 Å². The fourth-order valence-electron chi connectivity index (χ4n) is 2.89. The summed E-state index contributed by atoms with van der Waals surface area (Å²) in [5, 5.41) is 21.8. The van der Waals surface area contributed by atoms with Gasteiger partial charge in [0.2, 0.25) is 5.89 Å². The van der Waals surface area contributed by atoms with Crippen molar-refractivity contribution in [2.75, 3.05) is 0 Å². The van der Waals surface area contributed by atoms with Crippen LogP contribution in [0.4, 0.5) is 5.69 Å². The summed E-state index contributed by atoms with van der Waals surface area (Å²) in [6, 6.07) is 20.6. The lowest BCUT2D eigenvalue weighted by atomic mass is 10.0. The predicted octanol–water partition coefficient (Wildman–Crippen LogP) is 5.65. The molecule has 0 aliphatic heterocycles. The van der Waals surface area contributed by atoms with Gasteiger partial charge in [0.05, 0.1) is 4.92 Å². The summed E-state index contributed by atoms with van der Waals surface area (Å²) in [6.45, 7) is 1.95. The van der Waals surface area contributed by atoms with E-state index in [2.05, 4.69) is 10.2 Å². The van der Waals surface area contributed by atoms with Crippen molar-refractivity contribution >= 4 is 28.2 Å². The van der Waals surface area contributed by atoms with Gasteiger partial charge >= 0.3 is 0 Å². The van der Waals surface area contributed by atoms with Crippen LogP contribution in [0, 0.1) is 10.1 Å². The highest BCUT2D eigenvalue weighted by atomic mass is 32.2. The largest absolute Gasteiger partial charge is 0.411 e. The third kappa shape index (κ3) is 3.54. The average molecular weight is 377 g/mol. The number of thioether (sulfide) groups is 1. The van der Waals surface area contributed by atoms with E-state index in [-0.39, 0.29) is 10.9 Å². The minimum Gasteiger partial charge on any atom is -0.411 e. The first-order valence-corrected chi connectivity index (χ1v) is 9.22. The van der Waals surface area contributed by atoms with E-state index in [1.165, 1.54) is 17.8 Å². The maximum absolute atomic E-state index is 11.0. The van der Waals surface area contributed by atoms with Crippen molar-refractivity contribution in [3.63, 3.8) is 0 Å². The minimum absolute atomic E-state index is 0.0642. The second kappa shape index (κ2) is 7.20. The normalized spacial score (nSPS) is 12.2. The molecule has 4 rings (SSSR count). The highest BCUT2D eigenvalue weighted by Crippen LogP contribution is 2.37. The molecule has 27 heavy (non-hydrogen) atoms. The summed E-state index contributed by atoms with van der Waals surface area (Å²) in [7, 11) is 0. The van der Waals surface area contributed by atoms with Gasteiger partial charge in [-0.2, -0.15) is 0 Å². The average Bonchev–Trinajstić information content (AvgIpc) is 3.16. The summed E-state index contributed by atoms with van der Waals surface area (Å²) in [4.78, 5) is 10.6. The van der Waals surface area contributed by atoms with Crippen LogP contribution >= 0.6 is 11.8 Å². The Bertz CT molecular complexity index is 1120. The standard InChI is InChI=1S/C20H15N3O3S/c1-13(15-8-4-9-16(12-15)23(24)25)27-20-22-21-19(26-20)18-11-5-7-14-6-2-3-10-17(14)18/h2-13H,1H3. The number of nitrogens with zero attached hydrogens (tertiary/aromatic N) is 3. The number of nitro benzene ring substituents is 1. The lowest BCUT2D eigenvalue weighted by Crippen LogP contribution is -1.92. The topological polar surface area (TPSA) is 82.1 Å². The summed E-state index contributed by atoms with van der Waals surface area (Å²) < 4.78 is 5.85. The van der Waals surface area contributed by atoms with Crippen molar-refractivity contribution < 1.29 is 9.34 Å². The van der Waals surface area contributed by atoms with Crippen molar-refractivity contribution in [3.05, 3.63) is 82.4 Å². The van der Waals surface area contributed by atoms with Crippen molar-refractivity contribution in [1.29, 1.82) is 0 Å². The molecule has 0 spiro atoms. The first-order valence-electron chi connectivity index (χ1n) is 8.34. The van der Waals surface area contributed by atoms with Crippen LogP contribution in [0.25, 0.3) is 22.2 Å². The molecule has 1 aromatic heterocycles. The van der Waals surface area contributed by atoms with E-state index in [0.29, 0.717) is 11.1 Å². The number of hydrogen-bond acceptors (Lipinski definition) is 6. The predicted molar refractivity (Wildman–Crippen MR) is 105 cm³/mol. The molecule has 1 heterocycles. The molecule has 134 valence electrons. The molecular weight excluding hydrogens is 362 g/mol. The van der Waals surface area contributed by atoms with E-state index in [4.69, 9.17) is 4.42 Å². The van der Waals surface area contributed by atoms with Gasteiger partial charge in [-0.25, -0.2) is 0 Å². The molecule has 0 saturated carbocycles. The fraction of sp³-hybridized carbons (Fsp3) is 0.100. The van der Waals surface area contributed by atoms with Gasteiger partial charge in [0.25, 0.3) is 10.9 Å². The monoisotopic (exact) mass is 377 g/mol. The molecule has 0 aliphatic rings. The highest BCUT2D eigenvalue weighted by Gasteiger charge is 2.17. The van der Waals surface area contributed by atoms with Crippen molar-refractivity contribution in [3.8, 4) is 11.5 Å². The third-order valence-electron chi connectivity index (χ3n) is 4.25. The van der Waals surface area contributed by atoms with E-state index in [0.717, 1.165) is 21.9 Å². The lowest BCUT2D eigenvalue weighted by Gasteiger charge is -2.08. The Morgan fingerprint density at radius 2 is 1.81 bits per heavy atom. The van der Waals surface area contributed by atoms with Gasteiger partial charge in [-0.05, 0) is 29.3 Å². The number of hydrogen-bond donors (Lipinski definition) is 0. The third-order valence-corrected chi connectivity index (χ3v) is 5.25. The minimum atomic E-state index is -0.397. The Kier molecular flexibility index (Phi) is 4.60. The second-order valence-electron chi connectivity index (χ2n) is 6.01. The van der Waals surface area contributed by atoms with Gasteiger partial charge in [0, 0.05) is 22.9 Å². The molecule has 1 atom stereocenters. The van der Waals surface area contributed by atoms with Crippen molar-refractivity contribution in [1.82, 2.24) is 10.2 Å². The zero-order valence-corrected chi connectivity index (χ0v) is 15.2. The number of fused-ring (bicyclic) bond motifs is 1. The molecule has 3 aromatic carbocycles. The Morgan fingerprint density at radius 3 is 2.67 bits per heavy atom. The van der Waals surface area contributed by atoms with Crippen molar-refractivity contribution in [2.24, 2.45) is 0 Å². The molecule has 4 aromatic rings. The molecule has 7 heteroatoms. The van der Waals surface area contributed by atoms with Crippen LogP contribution in [-0.4, -0.2) is 15.1 Å². The maximum Gasteiger partial charge on any atom is 0.277 e. The molecule has 0 bridgehead atoms. The molecular formula is C20H15N3O3S. The molecule has 0 N–H and O–H groups in total. The van der Waals surface area contributed by atoms with Crippen LogP contribution in [0.15, 0.2) is 76.4 Å². The molecule has 0 saturated heterocycles. The Labute approximate surface area is 159 Å². The molecule has 0 radical (unpaired) electrons. The molecule has 0 fully saturated rings. The Morgan fingerprint density at radius 1 is 1.04 bits per heavy atom. The molecule has 6 nitrogen and oxygen atoms in total. The maximum atomic E-state index is 11.0. The van der Waals surface area contributed by atoms with E-state index < -0.39 is 4.92 Å². The van der Waals surface area contributed by atoms with Crippen LogP contribution in [-0.2, 0) is 0 Å². The summed E-state index contributed by atoms with van der Waals surface area (Å²) >= 11 is 1.38. The van der Waals surface area contributed by atoms with Gasteiger partial charge in [-0.3, -0.25) is 10.1 Å². The zero-order valence-electron chi connectivity index (χ0n) is 14.4. The Balaban J connectivity index is 1.59. The van der Waals surface area contributed by atoms with Crippen LogP contribution in [0.3, 0.4) is 0 Å². The summed E-state index contributed by atoms with van der Waals surface area (Å²) in [5.74, 6) is 0.459. The van der Waals surface area contributed by atoms with E-state index in [1.54, 1.807) is 12.1 Å². The zero-order chi connectivity index (χ0) is 18.8. The van der Waals surface area contributed by atoms with Gasteiger partial charge in [-0.15, -0.1) is 10.2 Å². The number of nitro groups is 1. The Hall–Kier alpha value is -3.19. The first-order chi connectivity index (χ1) is 13.1. The smallest absolute Gasteiger partial charge is 0.277 e. The van der Waals surface area contributed by atoms with Crippen LogP contribution < -0.4 is 0 Å². The summed E-state index contributed by atoms with van der Waals surface area (Å²) in [6.07, 6.45) is 0. The van der Waals surface area contributed by atoms with Crippen LogP contribution in [0.2, 0.25) is 0 Å². The fourth-order valence-corrected chi connectivity index (χ4v) is 3.69. The van der Waals surface area contributed by atoms with Gasteiger partial charge in [0.1, 0.15) is 0 Å². The van der Waals surface area contributed by atoms with E-state index in [9.17, 15) is 10.1 Å². The summed E-state index contributed by atoms with van der Waals surface area (Å²) in [5.41, 5.74) is 1.79. The van der Waals surface area contributed by atoms with Crippen molar-refractivity contribution in [2.45, 2.75) is 17.4 Å². The number of benzene rings is 3. The first kappa shape index (κ1) is 17.2. The van der Waals surface area contributed by atoms with E-state index in [1.807, 2.05) is 55.5 Å². The van der Waals surface area contributed by atoms with Gasteiger partial charge in [0.15, 0.2) is 0 Å². The SMILES string of the molecule is CC(Sc1nnc(-c2cccc3ccccc23)o1)c1cccc([N+](=O)[O-])c1. The number of non-ortho nitro benzene ring substituents is 1. The number of aromatic nitrogens is 2. The number of rotatable bonds is 5. The molecule has 0 aliphatic carbocycles. The second-order valence-corrected chi connectivity index (χ2v) is 7.30. The van der Waals surface area contributed by atoms with Gasteiger partial charge in [-0.1, -0.05) is 60.3 Å². The van der Waals surface area contributed by atoms with E-state index >= 15 is 0 Å². The van der Waals surface area contributed by atoms with Crippen LogP contribution in [0.1, 0.15) is 17.7 Å². The molecule has 1 unspecified atom stereocenters.